The van der Waals surface area contributed by atoms with Gasteiger partial charge in [0.15, 0.2) is 6.20 Å². The Morgan fingerprint density at radius 2 is 1.93 bits per heavy atom. The Bertz CT molecular complexity index is 1120. The highest BCUT2D eigenvalue weighted by Crippen LogP contribution is 2.47. The fourth-order valence-electron chi connectivity index (χ4n) is 4.36. The lowest BCUT2D eigenvalue weighted by molar-refractivity contribution is -0.608. The number of carbonyl (C=O) groups excluding carboxylic acids is 2. The number of hydrogen-bond acceptors (Lipinski definition) is 6. The Morgan fingerprint density at radius 3 is 2.70 bits per heavy atom. The number of nitrogens with one attached hydrogen (secondary N) is 1. The van der Waals surface area contributed by atoms with Crippen molar-refractivity contribution < 1.29 is 23.6 Å². The number of amides is 1. The summed E-state index contributed by atoms with van der Waals surface area (Å²) in [5.74, 6) is -0.702. The zero-order valence-corrected chi connectivity index (χ0v) is 16.0. The second-order valence-electron chi connectivity index (χ2n) is 7.69. The maximum atomic E-state index is 12.7. The van der Waals surface area contributed by atoms with Crippen molar-refractivity contribution in [3.63, 3.8) is 0 Å². The van der Waals surface area contributed by atoms with Gasteiger partial charge in [-0.15, -0.1) is 0 Å². The number of hydrogen-bond donors (Lipinski definition) is 1. The van der Waals surface area contributed by atoms with Crippen molar-refractivity contribution in [1.82, 2.24) is 5.16 Å². The molecule has 1 saturated carbocycles. The number of pyridine rings is 1. The molecule has 3 aromatic rings. The summed E-state index contributed by atoms with van der Waals surface area (Å²) in [6.07, 6.45) is 3.33. The number of benzene rings is 1. The van der Waals surface area contributed by atoms with Crippen molar-refractivity contribution >= 4 is 17.8 Å². The molecule has 8 heteroatoms. The van der Waals surface area contributed by atoms with Crippen molar-refractivity contribution in [2.24, 2.45) is 5.92 Å². The highest BCUT2D eigenvalue weighted by molar-refractivity contribution is 5.93. The first-order chi connectivity index (χ1) is 14.6. The maximum Gasteiger partial charge on any atom is 0.406 e. The van der Waals surface area contributed by atoms with Crippen molar-refractivity contribution in [3.05, 3.63) is 71.2 Å². The summed E-state index contributed by atoms with van der Waals surface area (Å²) in [6.45, 7) is 0. The van der Waals surface area contributed by atoms with Gasteiger partial charge in [-0.25, -0.2) is 4.79 Å². The molecule has 0 radical (unpaired) electrons. The van der Waals surface area contributed by atoms with E-state index in [0.717, 1.165) is 5.56 Å². The lowest BCUT2D eigenvalue weighted by atomic mass is 9.75. The van der Waals surface area contributed by atoms with Crippen molar-refractivity contribution in [1.29, 1.82) is 0 Å². The molecule has 8 nitrogen and oxygen atoms in total. The number of rotatable bonds is 3. The number of ether oxygens (including phenoxy) is 1. The number of aromatic nitrogens is 2. The Balaban J connectivity index is 1.26. The summed E-state index contributed by atoms with van der Waals surface area (Å²) >= 11 is 0. The number of carbonyl (C=O) groups is 2. The number of nitrogens with zero attached hydrogens (tertiary/aromatic N) is 2. The smallest absolute Gasteiger partial charge is 0.406 e. The maximum absolute atomic E-state index is 12.7. The fourth-order valence-corrected chi connectivity index (χ4v) is 4.36. The number of esters is 1. The second kappa shape index (κ2) is 6.98. The van der Waals surface area contributed by atoms with E-state index in [-0.39, 0.29) is 17.5 Å². The molecule has 1 aliphatic carbocycles. The van der Waals surface area contributed by atoms with Gasteiger partial charge in [0.2, 0.25) is 11.8 Å². The summed E-state index contributed by atoms with van der Waals surface area (Å²) in [5.41, 5.74) is 1.40. The summed E-state index contributed by atoms with van der Waals surface area (Å²) in [6, 6.07) is 14.6. The number of anilines is 1. The van der Waals surface area contributed by atoms with Crippen LogP contribution in [0.3, 0.4) is 0 Å². The minimum absolute atomic E-state index is 0.0514. The van der Waals surface area contributed by atoms with Crippen LogP contribution in [0.1, 0.15) is 41.7 Å². The largest absolute Gasteiger partial charge is 0.618 e. The van der Waals surface area contributed by atoms with E-state index in [0.29, 0.717) is 47.6 Å². The molecule has 1 aromatic carbocycles. The zero-order valence-electron chi connectivity index (χ0n) is 16.0. The first-order valence-electron chi connectivity index (χ1n) is 9.85. The van der Waals surface area contributed by atoms with Crippen molar-refractivity contribution in [3.8, 4) is 11.3 Å². The summed E-state index contributed by atoms with van der Waals surface area (Å²) < 4.78 is 11.4. The highest BCUT2D eigenvalue weighted by atomic mass is 16.6. The highest BCUT2D eigenvalue weighted by Gasteiger charge is 2.52. The first-order valence-corrected chi connectivity index (χ1v) is 9.85. The number of fused-ring (bicyclic) bond motifs is 2. The third-order valence-electron chi connectivity index (χ3n) is 5.92. The van der Waals surface area contributed by atoms with Crippen LogP contribution in [0.4, 0.5) is 5.88 Å². The van der Waals surface area contributed by atoms with Crippen LogP contribution in [-0.4, -0.2) is 17.0 Å². The second-order valence-corrected chi connectivity index (χ2v) is 7.69. The lowest BCUT2D eigenvalue weighted by Crippen LogP contribution is -2.36. The SMILES string of the molecule is O=C1O[C@]2(CC[C@H](C(=O)Nc3cc(-c4ccccc4)no3)CC2)c2ccc[n+]([O-])c21. The minimum Gasteiger partial charge on any atom is -0.618 e. The van der Waals surface area contributed by atoms with Gasteiger partial charge in [0, 0.05) is 23.6 Å². The van der Waals surface area contributed by atoms with Gasteiger partial charge >= 0.3 is 11.7 Å². The van der Waals surface area contributed by atoms with Crippen molar-refractivity contribution in [2.75, 3.05) is 5.32 Å². The first kappa shape index (κ1) is 18.4. The van der Waals surface area contributed by atoms with Gasteiger partial charge in [-0.1, -0.05) is 35.5 Å². The van der Waals surface area contributed by atoms with Gasteiger partial charge in [0.1, 0.15) is 11.3 Å². The minimum atomic E-state index is -0.816. The molecular formula is C22H19N3O5. The van der Waals surface area contributed by atoms with E-state index in [1.807, 2.05) is 30.3 Å². The molecule has 3 heterocycles. The predicted molar refractivity (Wildman–Crippen MR) is 105 cm³/mol. The van der Waals surface area contributed by atoms with Gasteiger partial charge in [-0.2, -0.15) is 4.73 Å². The predicted octanol–water partition coefficient (Wildman–Crippen LogP) is 3.17. The molecular weight excluding hydrogens is 386 g/mol. The summed E-state index contributed by atoms with van der Waals surface area (Å²) in [5, 5.41) is 18.8. The summed E-state index contributed by atoms with van der Waals surface area (Å²) in [4.78, 5) is 24.9. The van der Waals surface area contributed by atoms with Crippen molar-refractivity contribution in [2.45, 2.75) is 31.3 Å². The van der Waals surface area contributed by atoms with Crippen LogP contribution < -0.4 is 10.0 Å². The Labute approximate surface area is 172 Å². The van der Waals surface area contributed by atoms with Crippen LogP contribution in [-0.2, 0) is 15.1 Å². The van der Waals surface area contributed by atoms with Gasteiger partial charge in [-0.05, 0) is 31.7 Å². The Morgan fingerprint density at radius 1 is 1.17 bits per heavy atom. The quantitative estimate of drug-likeness (QED) is 0.407. The van der Waals surface area contributed by atoms with E-state index in [1.165, 1.54) is 6.20 Å². The van der Waals surface area contributed by atoms with Gasteiger partial charge < -0.3 is 14.5 Å². The molecule has 2 aromatic heterocycles. The third kappa shape index (κ3) is 3.01. The molecule has 1 N–H and O–H groups in total. The van der Waals surface area contributed by atoms with Gasteiger partial charge in [0.05, 0.1) is 5.56 Å². The molecule has 2 aliphatic rings. The molecule has 0 bridgehead atoms. The molecule has 0 unspecified atom stereocenters. The molecule has 0 atom stereocenters. The van der Waals surface area contributed by atoms with E-state index >= 15 is 0 Å². The summed E-state index contributed by atoms with van der Waals surface area (Å²) in [7, 11) is 0. The Hall–Kier alpha value is -3.68. The average molecular weight is 405 g/mol. The molecule has 5 rings (SSSR count). The molecule has 152 valence electrons. The molecule has 1 amide bonds. The van der Waals surface area contributed by atoms with Crippen LogP contribution >= 0.6 is 0 Å². The van der Waals surface area contributed by atoms with E-state index in [9.17, 15) is 14.8 Å². The molecule has 0 saturated heterocycles. The zero-order chi connectivity index (χ0) is 20.7. The molecule has 30 heavy (non-hydrogen) atoms. The lowest BCUT2D eigenvalue weighted by Gasteiger charge is -2.35. The van der Waals surface area contributed by atoms with E-state index in [2.05, 4.69) is 10.5 Å². The van der Waals surface area contributed by atoms with Crippen LogP contribution in [0, 0.1) is 11.1 Å². The molecule has 1 spiro atoms. The molecule has 1 fully saturated rings. The van der Waals surface area contributed by atoms with Crippen LogP contribution in [0.15, 0.2) is 59.3 Å². The third-order valence-corrected chi connectivity index (χ3v) is 5.92. The topological polar surface area (TPSA) is 108 Å². The fraction of sp³-hybridized carbons (Fsp3) is 0.273. The van der Waals surface area contributed by atoms with Crippen LogP contribution in [0.2, 0.25) is 0 Å². The Kier molecular flexibility index (Phi) is 4.27. The standard InChI is InChI=1S/C22H19N3O5/c26-20(23-18-13-17(24-30-18)14-5-2-1-3-6-14)15-8-10-22(11-9-15)16-7-4-12-25(28)19(16)21(27)29-22/h1-7,12-13,15H,8-11H2,(H,23,26)/t15-,22-. The normalized spacial score (nSPS) is 22.5. The van der Waals surface area contributed by atoms with E-state index in [1.54, 1.807) is 18.2 Å². The van der Waals surface area contributed by atoms with E-state index < -0.39 is 11.6 Å². The van der Waals surface area contributed by atoms with E-state index in [4.69, 9.17) is 9.26 Å². The van der Waals surface area contributed by atoms with Gasteiger partial charge in [0.25, 0.3) is 0 Å². The van der Waals surface area contributed by atoms with Gasteiger partial charge in [-0.3, -0.25) is 10.1 Å². The van der Waals surface area contributed by atoms with Crippen LogP contribution in [0.25, 0.3) is 11.3 Å². The monoisotopic (exact) mass is 405 g/mol. The molecule has 1 aliphatic heterocycles. The average Bonchev–Trinajstić information content (AvgIpc) is 3.33. The van der Waals surface area contributed by atoms with Crippen LogP contribution in [0.5, 0.6) is 0 Å².